The fourth-order valence-corrected chi connectivity index (χ4v) is 1.00. The number of carbonyl (C=O) groups excluding carboxylic acids is 1. The maximum atomic E-state index is 13.1. The molecule has 0 aliphatic heterocycles. The Balaban J connectivity index is 3.19. The highest BCUT2D eigenvalue weighted by Crippen LogP contribution is 2.15. The van der Waals surface area contributed by atoms with Crippen molar-refractivity contribution in [2.24, 2.45) is 5.73 Å². The average Bonchev–Trinajstić information content (AvgIpc) is 2.04. The number of rotatable bonds is 2. The largest absolute Gasteiger partial charge is 0.364 e. The number of carbonyl (C=O) groups is 1. The zero-order valence-electron chi connectivity index (χ0n) is 7.54. The molecule has 0 saturated heterocycles. The van der Waals surface area contributed by atoms with Crippen LogP contribution in [0.2, 0.25) is 0 Å². The first-order valence-corrected chi connectivity index (χ1v) is 3.98. The van der Waals surface area contributed by atoms with Gasteiger partial charge in [0.2, 0.25) is 0 Å². The second-order valence-electron chi connectivity index (χ2n) is 3.08. The summed E-state index contributed by atoms with van der Waals surface area (Å²) >= 11 is 0. The number of halogens is 1. The van der Waals surface area contributed by atoms with E-state index < -0.39 is 11.7 Å². The van der Waals surface area contributed by atoms with Crippen LogP contribution in [0.5, 0.6) is 0 Å². The van der Waals surface area contributed by atoms with Crippen molar-refractivity contribution in [1.82, 2.24) is 4.98 Å². The maximum absolute atomic E-state index is 13.1. The van der Waals surface area contributed by atoms with Crippen molar-refractivity contribution >= 4 is 5.91 Å². The monoisotopic (exact) mass is 182 g/mol. The number of nitrogens with two attached hydrogens (primary N) is 1. The summed E-state index contributed by atoms with van der Waals surface area (Å²) in [6, 6.07) is 2.49. The lowest BCUT2D eigenvalue weighted by molar-refractivity contribution is 0.0995. The van der Waals surface area contributed by atoms with Gasteiger partial charge in [-0.3, -0.25) is 4.79 Å². The number of nitrogens with zero attached hydrogens (tertiary/aromatic N) is 1. The summed E-state index contributed by atoms with van der Waals surface area (Å²) in [5, 5.41) is 0. The summed E-state index contributed by atoms with van der Waals surface area (Å²) in [5.41, 5.74) is 5.39. The summed E-state index contributed by atoms with van der Waals surface area (Å²) in [4.78, 5) is 14.5. The van der Waals surface area contributed by atoms with Crippen molar-refractivity contribution in [2.45, 2.75) is 19.8 Å². The van der Waals surface area contributed by atoms with Crippen molar-refractivity contribution in [3.63, 3.8) is 0 Å². The molecule has 70 valence electrons. The van der Waals surface area contributed by atoms with Gasteiger partial charge >= 0.3 is 0 Å². The van der Waals surface area contributed by atoms with Crippen molar-refractivity contribution in [2.75, 3.05) is 0 Å². The third-order valence-corrected chi connectivity index (χ3v) is 1.67. The van der Waals surface area contributed by atoms with E-state index in [4.69, 9.17) is 5.73 Å². The predicted octanol–water partition coefficient (Wildman–Crippen LogP) is 1.44. The third-order valence-electron chi connectivity index (χ3n) is 1.67. The van der Waals surface area contributed by atoms with E-state index in [-0.39, 0.29) is 17.3 Å². The molecule has 3 nitrogen and oxygen atoms in total. The Morgan fingerprint density at radius 3 is 2.62 bits per heavy atom. The number of hydrogen-bond acceptors (Lipinski definition) is 2. The summed E-state index contributed by atoms with van der Waals surface area (Å²) in [6.45, 7) is 3.60. The third kappa shape index (κ3) is 2.02. The topological polar surface area (TPSA) is 56.0 Å². The lowest BCUT2D eigenvalue weighted by Gasteiger charge is -2.06. The number of pyridine rings is 1. The Labute approximate surface area is 75.8 Å². The van der Waals surface area contributed by atoms with E-state index in [1.54, 1.807) is 13.8 Å². The molecule has 0 aliphatic rings. The van der Waals surface area contributed by atoms with Crippen molar-refractivity contribution in [3.05, 3.63) is 29.3 Å². The van der Waals surface area contributed by atoms with Crippen LogP contribution in [0.15, 0.2) is 12.1 Å². The van der Waals surface area contributed by atoms with E-state index in [9.17, 15) is 9.18 Å². The van der Waals surface area contributed by atoms with Crippen LogP contribution in [0.1, 0.15) is 35.9 Å². The van der Waals surface area contributed by atoms with Crippen LogP contribution in [0.3, 0.4) is 0 Å². The fourth-order valence-electron chi connectivity index (χ4n) is 1.00. The molecule has 1 rings (SSSR count). The van der Waals surface area contributed by atoms with Crippen LogP contribution >= 0.6 is 0 Å². The Bertz CT molecular complexity index is 336. The van der Waals surface area contributed by atoms with Crippen LogP contribution < -0.4 is 5.73 Å². The van der Waals surface area contributed by atoms with Gasteiger partial charge in [-0.25, -0.2) is 9.37 Å². The van der Waals surface area contributed by atoms with Crippen LogP contribution in [0, 0.1) is 5.82 Å². The van der Waals surface area contributed by atoms with Crippen LogP contribution in [0.4, 0.5) is 4.39 Å². The SMILES string of the molecule is CC(C)c1nc(C(N)=O)ccc1F. The molecule has 1 amide bonds. The minimum Gasteiger partial charge on any atom is -0.364 e. The van der Waals surface area contributed by atoms with Gasteiger partial charge in [-0.1, -0.05) is 13.8 Å². The molecule has 0 radical (unpaired) electrons. The zero-order valence-corrected chi connectivity index (χ0v) is 7.54. The van der Waals surface area contributed by atoms with Gasteiger partial charge in [0.05, 0.1) is 5.69 Å². The molecule has 0 fully saturated rings. The van der Waals surface area contributed by atoms with Crippen molar-refractivity contribution < 1.29 is 9.18 Å². The van der Waals surface area contributed by atoms with Gasteiger partial charge in [0.25, 0.3) is 5.91 Å². The minimum absolute atomic E-state index is 0.0562. The molecule has 0 saturated carbocycles. The van der Waals surface area contributed by atoms with Crippen LogP contribution in [-0.2, 0) is 0 Å². The molecular formula is C9H11FN2O. The molecule has 0 unspecified atom stereocenters. The summed E-state index contributed by atoms with van der Waals surface area (Å²) in [6.07, 6.45) is 0. The van der Waals surface area contributed by atoms with Gasteiger partial charge in [0, 0.05) is 0 Å². The van der Waals surface area contributed by atoms with Gasteiger partial charge in [0.1, 0.15) is 11.5 Å². The second kappa shape index (κ2) is 3.51. The van der Waals surface area contributed by atoms with Gasteiger partial charge < -0.3 is 5.73 Å². The van der Waals surface area contributed by atoms with E-state index in [1.165, 1.54) is 12.1 Å². The first-order valence-electron chi connectivity index (χ1n) is 3.98. The molecule has 0 spiro atoms. The Kier molecular flexibility index (Phi) is 2.60. The Morgan fingerprint density at radius 1 is 1.54 bits per heavy atom. The van der Waals surface area contributed by atoms with Crippen molar-refractivity contribution in [3.8, 4) is 0 Å². The van der Waals surface area contributed by atoms with E-state index in [0.29, 0.717) is 0 Å². The smallest absolute Gasteiger partial charge is 0.267 e. The van der Waals surface area contributed by atoms with E-state index in [1.807, 2.05) is 0 Å². The molecule has 0 aromatic carbocycles. The molecule has 1 aromatic heterocycles. The van der Waals surface area contributed by atoms with Crippen LogP contribution in [-0.4, -0.2) is 10.9 Å². The first kappa shape index (κ1) is 9.64. The number of aromatic nitrogens is 1. The van der Waals surface area contributed by atoms with Gasteiger partial charge in [-0.2, -0.15) is 0 Å². The minimum atomic E-state index is -0.637. The lowest BCUT2D eigenvalue weighted by Crippen LogP contribution is -2.14. The standard InChI is InChI=1S/C9H11FN2O/c1-5(2)8-6(10)3-4-7(12-8)9(11)13/h3-5H,1-2H3,(H2,11,13). The Morgan fingerprint density at radius 2 is 2.15 bits per heavy atom. The molecule has 1 heterocycles. The van der Waals surface area contributed by atoms with E-state index in [2.05, 4.69) is 4.98 Å². The second-order valence-corrected chi connectivity index (χ2v) is 3.08. The Hall–Kier alpha value is -1.45. The molecule has 13 heavy (non-hydrogen) atoms. The molecule has 2 N–H and O–H groups in total. The fraction of sp³-hybridized carbons (Fsp3) is 0.333. The molecular weight excluding hydrogens is 171 g/mol. The van der Waals surface area contributed by atoms with E-state index in [0.717, 1.165) is 0 Å². The quantitative estimate of drug-likeness (QED) is 0.752. The highest BCUT2D eigenvalue weighted by atomic mass is 19.1. The molecule has 0 atom stereocenters. The normalized spacial score (nSPS) is 10.5. The first-order chi connectivity index (χ1) is 6.02. The summed E-state index contributed by atoms with van der Waals surface area (Å²) in [7, 11) is 0. The molecule has 1 aromatic rings. The zero-order chi connectivity index (χ0) is 10.0. The highest BCUT2D eigenvalue weighted by Gasteiger charge is 2.11. The highest BCUT2D eigenvalue weighted by molar-refractivity contribution is 5.90. The van der Waals surface area contributed by atoms with E-state index >= 15 is 0 Å². The van der Waals surface area contributed by atoms with Crippen LogP contribution in [0.25, 0.3) is 0 Å². The molecule has 0 bridgehead atoms. The van der Waals surface area contributed by atoms with Gasteiger partial charge in [0.15, 0.2) is 0 Å². The van der Waals surface area contributed by atoms with Crippen molar-refractivity contribution in [1.29, 1.82) is 0 Å². The number of primary amides is 1. The summed E-state index contributed by atoms with van der Waals surface area (Å²) in [5.74, 6) is -1.10. The molecule has 0 aliphatic carbocycles. The van der Waals surface area contributed by atoms with Gasteiger partial charge in [-0.05, 0) is 18.1 Å². The number of amides is 1. The predicted molar refractivity (Wildman–Crippen MR) is 46.8 cm³/mol. The summed E-state index contributed by atoms with van der Waals surface area (Å²) < 4.78 is 13.1. The lowest BCUT2D eigenvalue weighted by atomic mass is 10.1. The average molecular weight is 182 g/mol. The number of hydrogen-bond donors (Lipinski definition) is 1. The van der Waals surface area contributed by atoms with Gasteiger partial charge in [-0.15, -0.1) is 0 Å². The maximum Gasteiger partial charge on any atom is 0.267 e. The molecule has 4 heteroatoms.